The van der Waals surface area contributed by atoms with Gasteiger partial charge in [0.25, 0.3) is 0 Å². The molecule has 0 atom stereocenters. The second-order valence-corrected chi connectivity index (χ2v) is 6.70. The molecule has 0 aliphatic heterocycles. The summed E-state index contributed by atoms with van der Waals surface area (Å²) in [6.07, 6.45) is 8.24. The van der Waals surface area contributed by atoms with E-state index in [2.05, 4.69) is 45.2 Å². The summed E-state index contributed by atoms with van der Waals surface area (Å²) in [5.74, 6) is 0.906. The van der Waals surface area contributed by atoms with E-state index in [1.54, 1.807) is 6.33 Å². The molecule has 1 aliphatic carbocycles. The Morgan fingerprint density at radius 2 is 2.00 bits per heavy atom. The molecule has 1 aliphatic rings. The minimum Gasteiger partial charge on any atom is -0.369 e. The maximum Gasteiger partial charge on any atom is 0.165 e. The molecule has 0 unspecified atom stereocenters. The van der Waals surface area contributed by atoms with Gasteiger partial charge in [0.15, 0.2) is 5.65 Å². The Hall–Kier alpha value is -1.75. The van der Waals surface area contributed by atoms with Gasteiger partial charge in [0.05, 0.1) is 5.39 Å². The second-order valence-electron chi connectivity index (χ2n) is 6.70. The van der Waals surface area contributed by atoms with Crippen LogP contribution in [0.15, 0.2) is 12.4 Å². The van der Waals surface area contributed by atoms with E-state index < -0.39 is 0 Å². The Balaban J connectivity index is 1.59. The summed E-state index contributed by atoms with van der Waals surface area (Å²) in [4.78, 5) is 15.7. The van der Waals surface area contributed by atoms with Crippen LogP contribution in [0.2, 0.25) is 0 Å². The molecule has 1 fully saturated rings. The summed E-state index contributed by atoms with van der Waals surface area (Å²) in [5, 5.41) is 4.52. The van der Waals surface area contributed by atoms with Crippen LogP contribution in [0.3, 0.4) is 0 Å². The van der Waals surface area contributed by atoms with Gasteiger partial charge in [-0.3, -0.25) is 0 Å². The van der Waals surface area contributed by atoms with Gasteiger partial charge in [-0.25, -0.2) is 15.0 Å². The molecule has 0 amide bonds. The van der Waals surface area contributed by atoms with Crippen molar-refractivity contribution in [2.75, 3.05) is 25.5 Å². The highest BCUT2D eigenvalue weighted by molar-refractivity contribution is 5.89. The summed E-state index contributed by atoms with van der Waals surface area (Å²) in [5.41, 5.74) is 2.96. The molecule has 1 saturated carbocycles. The standard InChI is InChI=1S/C18H27N5/c1-13-11-14(2)22-18-16(13)17(20-12-21-18)19-9-6-10-23(3)15-7-4-5-8-15/h11-12,15H,4-10H2,1-3H3,(H,19,20,21,22). The summed E-state index contributed by atoms with van der Waals surface area (Å²) < 4.78 is 0. The molecule has 1 N–H and O–H groups in total. The fraction of sp³-hybridized carbons (Fsp3) is 0.611. The summed E-state index contributed by atoms with van der Waals surface area (Å²) >= 11 is 0. The van der Waals surface area contributed by atoms with Crippen LogP contribution in [0.5, 0.6) is 0 Å². The van der Waals surface area contributed by atoms with Crippen LogP contribution in [0.4, 0.5) is 5.82 Å². The van der Waals surface area contributed by atoms with Crippen LogP contribution in [0.1, 0.15) is 43.4 Å². The highest BCUT2D eigenvalue weighted by Gasteiger charge is 2.18. The molecule has 5 heteroatoms. The van der Waals surface area contributed by atoms with Crippen molar-refractivity contribution in [1.82, 2.24) is 19.9 Å². The van der Waals surface area contributed by atoms with Gasteiger partial charge in [-0.1, -0.05) is 12.8 Å². The van der Waals surface area contributed by atoms with E-state index in [4.69, 9.17) is 0 Å². The number of anilines is 1. The van der Waals surface area contributed by atoms with Crippen molar-refractivity contribution in [3.05, 3.63) is 23.7 Å². The minimum absolute atomic E-state index is 0.781. The minimum atomic E-state index is 0.781. The van der Waals surface area contributed by atoms with Gasteiger partial charge in [0.2, 0.25) is 0 Å². The summed E-state index contributed by atoms with van der Waals surface area (Å²) in [6, 6.07) is 2.88. The number of nitrogens with one attached hydrogen (secondary N) is 1. The van der Waals surface area contributed by atoms with Gasteiger partial charge in [-0.2, -0.15) is 0 Å². The highest BCUT2D eigenvalue weighted by atomic mass is 15.1. The molecule has 0 saturated heterocycles. The van der Waals surface area contributed by atoms with Crippen molar-refractivity contribution in [1.29, 1.82) is 0 Å². The van der Waals surface area contributed by atoms with Crippen LogP contribution in [0, 0.1) is 13.8 Å². The molecular weight excluding hydrogens is 286 g/mol. The Bertz CT molecular complexity index is 664. The zero-order chi connectivity index (χ0) is 16.2. The van der Waals surface area contributed by atoms with Gasteiger partial charge in [-0.05, 0) is 58.3 Å². The van der Waals surface area contributed by atoms with Crippen molar-refractivity contribution >= 4 is 16.9 Å². The van der Waals surface area contributed by atoms with E-state index in [0.717, 1.165) is 48.1 Å². The molecule has 0 spiro atoms. The first-order valence-corrected chi connectivity index (χ1v) is 8.68. The third-order valence-electron chi connectivity index (χ3n) is 4.86. The third-order valence-corrected chi connectivity index (χ3v) is 4.86. The van der Waals surface area contributed by atoms with Gasteiger partial charge in [-0.15, -0.1) is 0 Å². The van der Waals surface area contributed by atoms with E-state index in [1.165, 1.54) is 31.2 Å². The number of rotatable bonds is 6. The average molecular weight is 313 g/mol. The normalized spacial score (nSPS) is 15.7. The number of aromatic nitrogens is 3. The quantitative estimate of drug-likeness (QED) is 0.829. The molecule has 0 bridgehead atoms. The fourth-order valence-corrected chi connectivity index (χ4v) is 3.61. The van der Waals surface area contributed by atoms with Crippen molar-refractivity contribution < 1.29 is 0 Å². The maximum atomic E-state index is 4.51. The molecule has 5 nitrogen and oxygen atoms in total. The first-order valence-electron chi connectivity index (χ1n) is 8.68. The van der Waals surface area contributed by atoms with Crippen LogP contribution in [-0.4, -0.2) is 46.0 Å². The lowest BCUT2D eigenvalue weighted by atomic mass is 10.1. The molecule has 0 aromatic carbocycles. The zero-order valence-electron chi connectivity index (χ0n) is 14.5. The number of aryl methyl sites for hydroxylation is 2. The third kappa shape index (κ3) is 3.78. The van der Waals surface area contributed by atoms with E-state index in [1.807, 2.05) is 6.92 Å². The lowest BCUT2D eigenvalue weighted by Gasteiger charge is -2.23. The molecule has 2 aromatic rings. The van der Waals surface area contributed by atoms with Crippen molar-refractivity contribution in [2.24, 2.45) is 0 Å². The molecule has 0 radical (unpaired) electrons. The Morgan fingerprint density at radius 1 is 1.22 bits per heavy atom. The number of hydrogen-bond donors (Lipinski definition) is 1. The van der Waals surface area contributed by atoms with Crippen LogP contribution in [0.25, 0.3) is 11.0 Å². The van der Waals surface area contributed by atoms with Crippen LogP contribution < -0.4 is 5.32 Å². The summed E-state index contributed by atoms with van der Waals surface area (Å²) in [7, 11) is 2.26. The molecule has 23 heavy (non-hydrogen) atoms. The Labute approximate surface area is 138 Å². The smallest absolute Gasteiger partial charge is 0.165 e. The van der Waals surface area contributed by atoms with E-state index in [0.29, 0.717) is 0 Å². The number of nitrogens with zero attached hydrogens (tertiary/aromatic N) is 4. The zero-order valence-corrected chi connectivity index (χ0v) is 14.5. The van der Waals surface area contributed by atoms with Crippen LogP contribution in [-0.2, 0) is 0 Å². The monoisotopic (exact) mass is 313 g/mol. The lowest BCUT2D eigenvalue weighted by Crippen LogP contribution is -2.31. The van der Waals surface area contributed by atoms with Crippen molar-refractivity contribution in [2.45, 2.75) is 52.0 Å². The van der Waals surface area contributed by atoms with E-state index >= 15 is 0 Å². The first-order chi connectivity index (χ1) is 11.1. The lowest BCUT2D eigenvalue weighted by molar-refractivity contribution is 0.245. The number of hydrogen-bond acceptors (Lipinski definition) is 5. The number of fused-ring (bicyclic) bond motifs is 1. The second kappa shape index (κ2) is 7.21. The molecule has 3 rings (SSSR count). The predicted octanol–water partition coefficient (Wildman–Crippen LogP) is 3.32. The molecule has 124 valence electrons. The summed E-state index contributed by atoms with van der Waals surface area (Å²) in [6.45, 7) is 6.16. The number of pyridine rings is 1. The van der Waals surface area contributed by atoms with Crippen molar-refractivity contribution in [3.8, 4) is 0 Å². The highest BCUT2D eigenvalue weighted by Crippen LogP contribution is 2.23. The van der Waals surface area contributed by atoms with Gasteiger partial charge < -0.3 is 10.2 Å². The van der Waals surface area contributed by atoms with Gasteiger partial charge in [0, 0.05) is 18.3 Å². The van der Waals surface area contributed by atoms with Gasteiger partial charge in [0.1, 0.15) is 12.1 Å². The maximum absolute atomic E-state index is 4.51. The SMILES string of the molecule is Cc1cc(C)c2c(NCCCN(C)C3CCCC3)ncnc2n1. The largest absolute Gasteiger partial charge is 0.369 e. The predicted molar refractivity (Wildman–Crippen MR) is 94.8 cm³/mol. The first kappa shape index (κ1) is 16.1. The Kier molecular flexibility index (Phi) is 5.06. The van der Waals surface area contributed by atoms with E-state index in [9.17, 15) is 0 Å². The average Bonchev–Trinajstić information content (AvgIpc) is 3.05. The fourth-order valence-electron chi connectivity index (χ4n) is 3.61. The van der Waals surface area contributed by atoms with E-state index in [-0.39, 0.29) is 0 Å². The van der Waals surface area contributed by atoms with Gasteiger partial charge >= 0.3 is 0 Å². The Morgan fingerprint density at radius 3 is 2.78 bits per heavy atom. The molecule has 2 heterocycles. The topological polar surface area (TPSA) is 53.9 Å². The van der Waals surface area contributed by atoms with Crippen LogP contribution >= 0.6 is 0 Å². The van der Waals surface area contributed by atoms with Crippen molar-refractivity contribution in [3.63, 3.8) is 0 Å². The molecule has 2 aromatic heterocycles. The molecular formula is C18H27N5.